The second-order valence-electron chi connectivity index (χ2n) is 6.18. The van der Waals surface area contributed by atoms with E-state index < -0.39 is 51.9 Å². The molecule has 33 heavy (non-hydrogen) atoms. The third kappa shape index (κ3) is 8.66. The van der Waals surface area contributed by atoms with E-state index in [9.17, 15) is 28.5 Å². The van der Waals surface area contributed by atoms with Gasteiger partial charge in [0.15, 0.2) is 0 Å². The lowest BCUT2D eigenvalue weighted by Crippen LogP contribution is -2.33. The third-order valence-corrected chi connectivity index (χ3v) is 8.12. The van der Waals surface area contributed by atoms with Crippen molar-refractivity contribution in [2.75, 3.05) is 32.5 Å². The molecule has 0 aromatic carbocycles. The summed E-state index contributed by atoms with van der Waals surface area (Å²) < 4.78 is 49.0. The summed E-state index contributed by atoms with van der Waals surface area (Å²) in [7, 11) is -6.16. The van der Waals surface area contributed by atoms with Gasteiger partial charge >= 0.3 is 21.3 Å². The van der Waals surface area contributed by atoms with E-state index in [1.165, 1.54) is 27.8 Å². The molecule has 0 aliphatic carbocycles. The number of phosphoric acid groups is 2. The van der Waals surface area contributed by atoms with Gasteiger partial charge in [-0.15, -0.1) is 0 Å². The van der Waals surface area contributed by atoms with Crippen molar-refractivity contribution >= 4 is 37.2 Å². The predicted molar refractivity (Wildman–Crippen MR) is 120 cm³/mol. The topological polar surface area (TPSA) is 202 Å². The first-order valence-electron chi connectivity index (χ1n) is 9.06. The molecule has 18 heteroatoms. The predicted octanol–water partition coefficient (Wildman–Crippen LogP) is 0.369. The van der Waals surface area contributed by atoms with E-state index in [1.54, 1.807) is 0 Å². The fraction of sp³-hybridized carbons (Fsp3) is 0.600. The van der Waals surface area contributed by atoms with Crippen molar-refractivity contribution in [3.05, 3.63) is 32.6 Å². The minimum atomic E-state index is -5.00. The highest BCUT2D eigenvalue weighted by atomic mass is 33.1. The first-order chi connectivity index (χ1) is 15.5. The number of H-pyrrole nitrogens is 1. The summed E-state index contributed by atoms with van der Waals surface area (Å²) in [5.41, 5.74) is 3.85. The molecular weight excluding hydrogens is 524 g/mol. The summed E-state index contributed by atoms with van der Waals surface area (Å²) in [5.74, 6) is 5.31. The molecule has 0 bridgehead atoms. The SMILES string of the molecule is COP(=O)(O)OP(=O)(O)OCC1O[C@@H](n2cc(C#CCN)c(=O)[nH]c2=O)C[C@@H]1OCSSC. The van der Waals surface area contributed by atoms with Gasteiger partial charge in [-0.05, 0) is 6.26 Å². The molecular formula is C15H23N3O11P2S2. The van der Waals surface area contributed by atoms with Gasteiger partial charge in [-0.2, -0.15) is 4.31 Å². The standard InChI is InChI=1S/C15H23N3O11P2S2/c1-25-30(21,22)29-31(23,24)27-8-12-11(26-9-33-32-2)6-13(28-12)18-7-10(4-3-5-16)14(19)17-15(18)20/h7,11-13H,5-6,8-9,16H2,1-2H3,(H,21,22)(H,23,24)(H,17,19,20)/t11-,12?,13+/m0/s1. The summed E-state index contributed by atoms with van der Waals surface area (Å²) in [5, 5.41) is 0. The van der Waals surface area contributed by atoms with Crippen LogP contribution < -0.4 is 17.0 Å². The fourth-order valence-electron chi connectivity index (χ4n) is 2.65. The molecule has 186 valence electrons. The Hall–Kier alpha value is -0.920. The van der Waals surface area contributed by atoms with E-state index in [4.69, 9.17) is 19.7 Å². The van der Waals surface area contributed by atoms with Crippen LogP contribution in [0.5, 0.6) is 0 Å². The van der Waals surface area contributed by atoms with Crippen LogP contribution in [0.4, 0.5) is 0 Å². The molecule has 1 aromatic heterocycles. The summed E-state index contributed by atoms with van der Waals surface area (Å²) >= 11 is 0. The number of aromatic nitrogens is 2. The van der Waals surface area contributed by atoms with Crippen molar-refractivity contribution in [2.45, 2.75) is 24.9 Å². The Morgan fingerprint density at radius 3 is 2.73 bits per heavy atom. The van der Waals surface area contributed by atoms with Crippen LogP contribution in [-0.2, 0) is 32.0 Å². The first-order valence-corrected chi connectivity index (χ1v) is 14.8. The maximum absolute atomic E-state index is 12.3. The van der Waals surface area contributed by atoms with Crippen LogP contribution in [0, 0.1) is 11.8 Å². The highest BCUT2D eigenvalue weighted by Gasteiger charge is 2.41. The largest absolute Gasteiger partial charge is 0.481 e. The van der Waals surface area contributed by atoms with Crippen LogP contribution in [0.3, 0.4) is 0 Å². The second kappa shape index (κ2) is 12.7. The third-order valence-electron chi connectivity index (χ3n) is 4.07. The Morgan fingerprint density at radius 2 is 2.09 bits per heavy atom. The van der Waals surface area contributed by atoms with Gasteiger partial charge in [0.05, 0.1) is 19.3 Å². The van der Waals surface area contributed by atoms with E-state index in [2.05, 4.69) is 25.7 Å². The highest BCUT2D eigenvalue weighted by molar-refractivity contribution is 8.76. The van der Waals surface area contributed by atoms with Crippen LogP contribution in [0.1, 0.15) is 18.2 Å². The number of hydrogen-bond donors (Lipinski definition) is 4. The minimum Gasteiger partial charge on any atom is -0.364 e. The average Bonchev–Trinajstić information content (AvgIpc) is 3.14. The molecule has 1 saturated heterocycles. The van der Waals surface area contributed by atoms with Gasteiger partial charge in [0.2, 0.25) is 0 Å². The molecule has 0 radical (unpaired) electrons. The lowest BCUT2D eigenvalue weighted by Gasteiger charge is -2.20. The van der Waals surface area contributed by atoms with Crippen molar-refractivity contribution in [3.8, 4) is 11.8 Å². The molecule has 1 aliphatic rings. The maximum Gasteiger partial charge on any atom is 0.481 e. The lowest BCUT2D eigenvalue weighted by atomic mass is 10.2. The van der Waals surface area contributed by atoms with Gasteiger partial charge in [0, 0.05) is 19.7 Å². The molecule has 0 saturated carbocycles. The molecule has 2 heterocycles. The molecule has 1 aromatic rings. The number of hydrogen-bond acceptors (Lipinski definition) is 12. The van der Waals surface area contributed by atoms with Crippen LogP contribution in [0.15, 0.2) is 15.8 Å². The molecule has 2 rings (SSSR count). The molecule has 3 unspecified atom stereocenters. The Labute approximate surface area is 196 Å². The number of nitrogens with one attached hydrogen (secondary N) is 1. The Kier molecular flexibility index (Phi) is 10.9. The van der Waals surface area contributed by atoms with E-state index in [-0.39, 0.29) is 24.5 Å². The zero-order chi connectivity index (χ0) is 24.6. The van der Waals surface area contributed by atoms with Gasteiger partial charge in [-0.1, -0.05) is 33.4 Å². The molecule has 1 aliphatic heterocycles. The number of nitrogens with two attached hydrogens (primary N) is 1. The quantitative estimate of drug-likeness (QED) is 0.0973. The Bertz CT molecular complexity index is 1090. The van der Waals surface area contributed by atoms with E-state index >= 15 is 0 Å². The van der Waals surface area contributed by atoms with Gasteiger partial charge in [-0.3, -0.25) is 23.4 Å². The van der Waals surface area contributed by atoms with E-state index in [0.717, 1.165) is 11.7 Å². The number of nitrogens with zero attached hydrogens (tertiary/aromatic N) is 1. The van der Waals surface area contributed by atoms with Crippen LogP contribution in [-0.4, -0.2) is 64.0 Å². The maximum atomic E-state index is 12.3. The van der Waals surface area contributed by atoms with Crippen LogP contribution >= 0.6 is 37.2 Å². The Balaban J connectivity index is 2.22. The summed E-state index contributed by atoms with van der Waals surface area (Å²) in [6, 6.07) is 0. The molecule has 0 amide bonds. The number of aromatic amines is 1. The zero-order valence-corrected chi connectivity index (χ0v) is 20.9. The summed E-state index contributed by atoms with van der Waals surface area (Å²) in [4.78, 5) is 45.3. The first kappa shape index (κ1) is 28.3. The van der Waals surface area contributed by atoms with Crippen molar-refractivity contribution in [2.24, 2.45) is 5.73 Å². The smallest absolute Gasteiger partial charge is 0.364 e. The van der Waals surface area contributed by atoms with Gasteiger partial charge in [0.25, 0.3) is 5.56 Å². The van der Waals surface area contributed by atoms with Crippen molar-refractivity contribution in [3.63, 3.8) is 0 Å². The summed E-state index contributed by atoms with van der Waals surface area (Å²) in [6.07, 6.45) is 0.564. The van der Waals surface area contributed by atoms with Crippen LogP contribution in [0.25, 0.3) is 0 Å². The molecule has 5 N–H and O–H groups in total. The Morgan fingerprint density at radius 1 is 1.36 bits per heavy atom. The number of rotatable bonds is 11. The van der Waals surface area contributed by atoms with Crippen molar-refractivity contribution in [1.29, 1.82) is 0 Å². The number of ether oxygens (including phenoxy) is 2. The van der Waals surface area contributed by atoms with E-state index in [0.29, 0.717) is 0 Å². The number of phosphoric ester groups is 2. The average molecular weight is 547 g/mol. The monoisotopic (exact) mass is 547 g/mol. The molecule has 5 atom stereocenters. The lowest BCUT2D eigenvalue weighted by molar-refractivity contribution is -0.0544. The van der Waals surface area contributed by atoms with Crippen molar-refractivity contribution in [1.82, 2.24) is 9.55 Å². The van der Waals surface area contributed by atoms with Crippen molar-refractivity contribution < 1.29 is 41.7 Å². The normalized spacial score (nSPS) is 24.0. The summed E-state index contributed by atoms with van der Waals surface area (Å²) in [6.45, 7) is -0.575. The zero-order valence-electron chi connectivity index (χ0n) is 17.4. The van der Waals surface area contributed by atoms with Crippen LogP contribution in [0.2, 0.25) is 0 Å². The second-order valence-corrected chi connectivity index (χ2v) is 11.8. The highest BCUT2D eigenvalue weighted by Crippen LogP contribution is 2.60. The van der Waals surface area contributed by atoms with Gasteiger partial charge in [0.1, 0.15) is 23.8 Å². The van der Waals surface area contributed by atoms with Gasteiger partial charge in [-0.25, -0.2) is 13.9 Å². The van der Waals surface area contributed by atoms with Gasteiger partial charge < -0.3 is 25.0 Å². The minimum absolute atomic E-state index is 0.00799. The molecule has 14 nitrogen and oxygen atoms in total. The fourth-order valence-corrected chi connectivity index (χ4v) is 5.26. The van der Waals surface area contributed by atoms with E-state index in [1.807, 2.05) is 6.26 Å². The molecule has 0 spiro atoms. The molecule has 1 fully saturated rings.